The fourth-order valence-corrected chi connectivity index (χ4v) is 0.983. The van der Waals surface area contributed by atoms with E-state index in [0.29, 0.717) is 0 Å². The summed E-state index contributed by atoms with van der Waals surface area (Å²) < 4.78 is 45.2. The Labute approximate surface area is 96.3 Å². The van der Waals surface area contributed by atoms with Crippen LogP contribution in [-0.4, -0.2) is 37.5 Å². The zero-order valence-electron chi connectivity index (χ0n) is 9.47. The number of halogens is 3. The first-order valence-corrected chi connectivity index (χ1v) is 4.96. The lowest BCUT2D eigenvalue weighted by Crippen LogP contribution is -2.44. The number of nitrogens with one attached hydrogen (secondary N) is 1. The molecule has 1 N–H and O–H groups in total. The third-order valence-electron chi connectivity index (χ3n) is 1.57. The zero-order chi connectivity index (χ0) is 13.5. The monoisotopic (exact) mass is 257 g/mol. The van der Waals surface area contributed by atoms with Crippen molar-refractivity contribution in [2.24, 2.45) is 0 Å². The number of alkyl carbamates (subject to hydrolysis) is 1. The van der Waals surface area contributed by atoms with Crippen molar-refractivity contribution < 1.29 is 32.2 Å². The number of hydrogen-bond acceptors (Lipinski definition) is 4. The van der Waals surface area contributed by atoms with E-state index in [1.165, 1.54) is 13.8 Å². The van der Waals surface area contributed by atoms with Crippen LogP contribution < -0.4 is 5.32 Å². The number of ether oxygens (including phenoxy) is 2. The molecule has 0 saturated carbocycles. The van der Waals surface area contributed by atoms with Gasteiger partial charge in [-0.15, -0.1) is 0 Å². The van der Waals surface area contributed by atoms with E-state index >= 15 is 0 Å². The van der Waals surface area contributed by atoms with Crippen molar-refractivity contribution in [3.05, 3.63) is 0 Å². The first kappa shape index (κ1) is 15.5. The Morgan fingerprint density at radius 1 is 1.18 bits per heavy atom. The molecule has 0 heterocycles. The van der Waals surface area contributed by atoms with E-state index in [1.807, 2.05) is 0 Å². The highest BCUT2D eigenvalue weighted by atomic mass is 19.4. The molecule has 0 rings (SSSR count). The fraction of sp³-hybridized carbons (Fsp3) is 0.778. The summed E-state index contributed by atoms with van der Waals surface area (Å²) in [5.41, 5.74) is 0. The van der Waals surface area contributed by atoms with Crippen LogP contribution in [0.1, 0.15) is 20.3 Å². The lowest BCUT2D eigenvalue weighted by atomic mass is 10.2. The molecule has 1 amide bonds. The van der Waals surface area contributed by atoms with E-state index in [-0.39, 0.29) is 13.2 Å². The highest BCUT2D eigenvalue weighted by Crippen LogP contribution is 2.22. The minimum Gasteiger partial charge on any atom is -0.464 e. The summed E-state index contributed by atoms with van der Waals surface area (Å²) >= 11 is 0. The quantitative estimate of drug-likeness (QED) is 0.760. The summed E-state index contributed by atoms with van der Waals surface area (Å²) in [6.07, 6.45) is -7.17. The summed E-state index contributed by atoms with van der Waals surface area (Å²) in [5.74, 6) is -1.14. The van der Waals surface area contributed by atoms with Gasteiger partial charge in [0.2, 0.25) is 0 Å². The lowest BCUT2D eigenvalue weighted by Gasteiger charge is -2.18. The van der Waals surface area contributed by atoms with Crippen LogP contribution in [-0.2, 0) is 14.3 Å². The summed E-state index contributed by atoms with van der Waals surface area (Å²) in [5, 5.41) is 1.80. The van der Waals surface area contributed by atoms with Gasteiger partial charge in [-0.2, -0.15) is 13.2 Å². The van der Waals surface area contributed by atoms with Crippen molar-refractivity contribution in [1.82, 2.24) is 5.32 Å². The summed E-state index contributed by atoms with van der Waals surface area (Å²) in [6.45, 7) is 2.86. The smallest absolute Gasteiger partial charge is 0.407 e. The van der Waals surface area contributed by atoms with Crippen molar-refractivity contribution in [3.63, 3.8) is 0 Å². The van der Waals surface area contributed by atoms with E-state index in [1.54, 1.807) is 5.32 Å². The molecule has 0 aliphatic heterocycles. The first-order valence-electron chi connectivity index (χ1n) is 4.96. The van der Waals surface area contributed by atoms with E-state index in [4.69, 9.17) is 0 Å². The number of carbonyl (C=O) groups is 2. The van der Waals surface area contributed by atoms with Crippen molar-refractivity contribution in [1.29, 1.82) is 0 Å². The maximum Gasteiger partial charge on any atom is 0.407 e. The predicted octanol–water partition coefficient (Wildman–Crippen LogP) is 1.62. The van der Waals surface area contributed by atoms with Crippen LogP contribution in [0.15, 0.2) is 0 Å². The molecular formula is C9H14F3NO4. The molecule has 0 saturated heterocycles. The van der Waals surface area contributed by atoms with Gasteiger partial charge in [-0.25, -0.2) is 9.59 Å². The molecule has 0 bridgehead atoms. The van der Waals surface area contributed by atoms with Crippen LogP contribution in [0, 0.1) is 0 Å². The molecular weight excluding hydrogens is 243 g/mol. The Bertz CT molecular complexity index is 267. The molecule has 8 heteroatoms. The van der Waals surface area contributed by atoms with E-state index in [0.717, 1.165) is 0 Å². The van der Waals surface area contributed by atoms with Gasteiger partial charge in [0, 0.05) is 0 Å². The summed E-state index contributed by atoms with van der Waals surface area (Å²) in [7, 11) is 0. The zero-order valence-corrected chi connectivity index (χ0v) is 9.47. The second kappa shape index (κ2) is 6.97. The summed E-state index contributed by atoms with van der Waals surface area (Å²) in [6, 6.07) is -1.78. The second-order valence-corrected chi connectivity index (χ2v) is 2.99. The van der Waals surface area contributed by atoms with Gasteiger partial charge >= 0.3 is 18.2 Å². The maximum atomic E-state index is 12.1. The van der Waals surface area contributed by atoms with Crippen LogP contribution in [0.5, 0.6) is 0 Å². The predicted molar refractivity (Wildman–Crippen MR) is 51.3 cm³/mol. The van der Waals surface area contributed by atoms with Gasteiger partial charge in [-0.1, -0.05) is 0 Å². The van der Waals surface area contributed by atoms with E-state index < -0.39 is 30.7 Å². The van der Waals surface area contributed by atoms with Crippen molar-refractivity contribution in [2.75, 3.05) is 13.2 Å². The van der Waals surface area contributed by atoms with Gasteiger partial charge in [-0.05, 0) is 13.8 Å². The molecule has 17 heavy (non-hydrogen) atoms. The third-order valence-corrected chi connectivity index (χ3v) is 1.57. The van der Waals surface area contributed by atoms with Gasteiger partial charge in [0.1, 0.15) is 6.04 Å². The Hall–Kier alpha value is -1.47. The van der Waals surface area contributed by atoms with Crippen molar-refractivity contribution in [3.8, 4) is 0 Å². The highest BCUT2D eigenvalue weighted by molar-refractivity contribution is 5.81. The van der Waals surface area contributed by atoms with Gasteiger partial charge in [-0.3, -0.25) is 0 Å². The first-order chi connectivity index (χ1) is 7.80. The van der Waals surface area contributed by atoms with Gasteiger partial charge in [0.05, 0.1) is 19.6 Å². The van der Waals surface area contributed by atoms with Crippen LogP contribution in [0.2, 0.25) is 0 Å². The highest BCUT2D eigenvalue weighted by Gasteiger charge is 2.37. The van der Waals surface area contributed by atoms with Gasteiger partial charge in [0.15, 0.2) is 0 Å². The van der Waals surface area contributed by atoms with Crippen molar-refractivity contribution in [2.45, 2.75) is 32.5 Å². The molecule has 0 aromatic carbocycles. The van der Waals surface area contributed by atoms with Crippen molar-refractivity contribution >= 4 is 12.1 Å². The molecule has 0 fully saturated rings. The lowest BCUT2D eigenvalue weighted by molar-refractivity contribution is -0.161. The SMILES string of the molecule is CCOC(=O)NC(CC(F)(F)F)C(=O)OCC. The number of esters is 1. The second-order valence-electron chi connectivity index (χ2n) is 2.99. The minimum absolute atomic E-state index is 0.00655. The Balaban J connectivity index is 4.50. The Morgan fingerprint density at radius 2 is 1.71 bits per heavy atom. The van der Waals surface area contributed by atoms with Gasteiger partial charge in [0.25, 0.3) is 0 Å². The molecule has 0 aromatic rings. The van der Waals surface area contributed by atoms with E-state index in [2.05, 4.69) is 9.47 Å². The number of hydrogen-bond donors (Lipinski definition) is 1. The molecule has 0 radical (unpaired) electrons. The minimum atomic E-state index is -4.59. The Morgan fingerprint density at radius 3 is 2.12 bits per heavy atom. The topological polar surface area (TPSA) is 64.6 Å². The largest absolute Gasteiger partial charge is 0.464 e. The fourth-order valence-electron chi connectivity index (χ4n) is 0.983. The van der Waals surface area contributed by atoms with E-state index in [9.17, 15) is 22.8 Å². The van der Waals surface area contributed by atoms with Crippen LogP contribution in [0.25, 0.3) is 0 Å². The average molecular weight is 257 g/mol. The molecule has 0 aliphatic rings. The molecule has 1 unspecified atom stereocenters. The molecule has 0 spiro atoms. The molecule has 1 atom stereocenters. The molecule has 5 nitrogen and oxygen atoms in total. The third kappa shape index (κ3) is 7.42. The average Bonchev–Trinajstić information content (AvgIpc) is 2.15. The Kier molecular flexibility index (Phi) is 6.37. The normalized spacial score (nSPS) is 12.8. The van der Waals surface area contributed by atoms with Gasteiger partial charge < -0.3 is 14.8 Å². The maximum absolute atomic E-state index is 12.1. The summed E-state index contributed by atoms with van der Waals surface area (Å²) in [4.78, 5) is 22.1. The van der Waals surface area contributed by atoms with Crippen LogP contribution in [0.3, 0.4) is 0 Å². The molecule has 0 aliphatic carbocycles. The van der Waals surface area contributed by atoms with Crippen LogP contribution >= 0.6 is 0 Å². The number of amides is 1. The standard InChI is InChI=1S/C9H14F3NO4/c1-3-16-7(14)6(5-9(10,11)12)13-8(15)17-4-2/h6H,3-5H2,1-2H3,(H,13,15). The number of carbonyl (C=O) groups excluding carboxylic acids is 2. The molecule has 100 valence electrons. The number of rotatable bonds is 5. The number of alkyl halides is 3. The van der Waals surface area contributed by atoms with Crippen LogP contribution in [0.4, 0.5) is 18.0 Å². The molecule has 0 aromatic heterocycles.